The van der Waals surface area contributed by atoms with Gasteiger partial charge in [0, 0.05) is 16.8 Å². The first kappa shape index (κ1) is 16.4. The molecular weight excluding hydrogens is 370 g/mol. The summed E-state index contributed by atoms with van der Waals surface area (Å²) in [5.41, 5.74) is 2.46. The molecule has 5 nitrogen and oxygen atoms in total. The Balaban J connectivity index is 1.52. The third-order valence-corrected chi connectivity index (χ3v) is 6.86. The van der Waals surface area contributed by atoms with E-state index in [9.17, 15) is 0 Å². The molecular formula is C17H15N5S3. The van der Waals surface area contributed by atoms with Crippen molar-refractivity contribution in [1.82, 2.24) is 20.2 Å². The summed E-state index contributed by atoms with van der Waals surface area (Å²) in [5, 5.41) is 14.7. The van der Waals surface area contributed by atoms with Crippen molar-refractivity contribution in [3.05, 3.63) is 52.7 Å². The number of nitrogens with zero attached hydrogens (tertiary/aromatic N) is 4. The molecule has 25 heavy (non-hydrogen) atoms. The second-order valence-electron chi connectivity index (χ2n) is 5.46. The van der Waals surface area contributed by atoms with Crippen LogP contribution in [-0.4, -0.2) is 20.2 Å². The first-order valence-electron chi connectivity index (χ1n) is 7.70. The van der Waals surface area contributed by atoms with E-state index >= 15 is 0 Å². The van der Waals surface area contributed by atoms with Gasteiger partial charge in [-0.15, -0.1) is 21.5 Å². The summed E-state index contributed by atoms with van der Waals surface area (Å²) in [6.07, 6.45) is 1.62. The highest BCUT2D eigenvalue weighted by atomic mass is 32.2. The van der Waals surface area contributed by atoms with E-state index in [0.29, 0.717) is 0 Å². The minimum atomic E-state index is 0.737. The second kappa shape index (κ2) is 7.07. The predicted molar refractivity (Wildman–Crippen MR) is 105 cm³/mol. The highest BCUT2D eigenvalue weighted by Gasteiger charge is 2.15. The molecule has 0 amide bonds. The zero-order chi connectivity index (χ0) is 17.2. The Labute approximate surface area is 157 Å². The zero-order valence-electron chi connectivity index (χ0n) is 13.7. The second-order valence-corrected chi connectivity index (χ2v) is 8.87. The van der Waals surface area contributed by atoms with Crippen LogP contribution < -0.4 is 5.32 Å². The number of rotatable bonds is 5. The molecule has 0 unspecified atom stereocenters. The summed E-state index contributed by atoms with van der Waals surface area (Å²) in [4.78, 5) is 11.1. The maximum Gasteiger partial charge on any atom is 0.206 e. The number of aryl methyl sites for hydroxylation is 2. The van der Waals surface area contributed by atoms with Crippen molar-refractivity contribution in [2.75, 3.05) is 5.32 Å². The fourth-order valence-corrected chi connectivity index (χ4v) is 5.28. The molecule has 3 heterocycles. The van der Waals surface area contributed by atoms with Crippen LogP contribution >= 0.6 is 34.4 Å². The average molecular weight is 386 g/mol. The third kappa shape index (κ3) is 3.51. The van der Waals surface area contributed by atoms with Crippen molar-refractivity contribution in [3.8, 4) is 0 Å². The van der Waals surface area contributed by atoms with Gasteiger partial charge in [-0.1, -0.05) is 41.7 Å². The van der Waals surface area contributed by atoms with Gasteiger partial charge in [-0.2, -0.15) is 0 Å². The number of nitrogens with one attached hydrogen (secondary N) is 1. The number of fused-ring (bicyclic) bond motifs is 1. The molecule has 0 saturated heterocycles. The minimum Gasteiger partial charge on any atom is -0.356 e. The molecule has 1 aromatic carbocycles. The summed E-state index contributed by atoms with van der Waals surface area (Å²) in [6, 6.07) is 10.2. The summed E-state index contributed by atoms with van der Waals surface area (Å²) >= 11 is 4.79. The van der Waals surface area contributed by atoms with E-state index < -0.39 is 0 Å². The molecule has 0 spiro atoms. The van der Waals surface area contributed by atoms with E-state index in [2.05, 4.69) is 51.5 Å². The zero-order valence-corrected chi connectivity index (χ0v) is 16.1. The molecule has 0 atom stereocenters. The lowest BCUT2D eigenvalue weighted by Gasteiger charge is -2.01. The SMILES string of the molecule is Cc1sc2ncnc(Sc3nnc(NCc4ccccc4)s3)c2c1C. The Morgan fingerprint density at radius 1 is 1.04 bits per heavy atom. The fraction of sp³-hybridized carbons (Fsp3) is 0.176. The van der Waals surface area contributed by atoms with E-state index in [1.807, 2.05) is 18.2 Å². The van der Waals surface area contributed by atoms with Crippen LogP contribution in [0.2, 0.25) is 0 Å². The van der Waals surface area contributed by atoms with Gasteiger partial charge in [0.15, 0.2) is 4.34 Å². The van der Waals surface area contributed by atoms with Crippen LogP contribution in [0.15, 0.2) is 46.0 Å². The first-order chi connectivity index (χ1) is 12.2. The molecule has 0 bridgehead atoms. The summed E-state index contributed by atoms with van der Waals surface area (Å²) < 4.78 is 0.874. The van der Waals surface area contributed by atoms with Gasteiger partial charge in [-0.25, -0.2) is 9.97 Å². The lowest BCUT2D eigenvalue weighted by atomic mass is 10.2. The Kier molecular flexibility index (Phi) is 4.65. The van der Waals surface area contributed by atoms with Gasteiger partial charge in [-0.05, 0) is 36.7 Å². The highest BCUT2D eigenvalue weighted by molar-refractivity contribution is 8.01. The number of thiophene rings is 1. The maximum absolute atomic E-state index is 4.46. The largest absolute Gasteiger partial charge is 0.356 e. The van der Waals surface area contributed by atoms with E-state index in [1.54, 1.807) is 40.8 Å². The van der Waals surface area contributed by atoms with Crippen molar-refractivity contribution in [2.24, 2.45) is 0 Å². The molecule has 4 rings (SSSR count). The smallest absolute Gasteiger partial charge is 0.206 e. The van der Waals surface area contributed by atoms with Crippen molar-refractivity contribution in [2.45, 2.75) is 29.8 Å². The third-order valence-electron chi connectivity index (χ3n) is 3.81. The quantitative estimate of drug-likeness (QED) is 0.492. The van der Waals surface area contributed by atoms with Crippen LogP contribution in [0.5, 0.6) is 0 Å². The minimum absolute atomic E-state index is 0.737. The van der Waals surface area contributed by atoms with Gasteiger partial charge < -0.3 is 5.32 Å². The van der Waals surface area contributed by atoms with Crippen molar-refractivity contribution >= 4 is 49.8 Å². The Morgan fingerprint density at radius 2 is 1.88 bits per heavy atom. The first-order valence-corrected chi connectivity index (χ1v) is 10.2. The molecule has 0 aliphatic rings. The maximum atomic E-state index is 4.46. The Bertz CT molecular complexity index is 1010. The molecule has 1 N–H and O–H groups in total. The number of anilines is 1. The fourth-order valence-electron chi connectivity index (χ4n) is 2.41. The van der Waals surface area contributed by atoms with Crippen LogP contribution in [0.1, 0.15) is 16.0 Å². The van der Waals surface area contributed by atoms with Crippen LogP contribution in [0.25, 0.3) is 10.2 Å². The normalized spacial score (nSPS) is 11.1. The number of benzene rings is 1. The van der Waals surface area contributed by atoms with Gasteiger partial charge in [-0.3, -0.25) is 0 Å². The molecule has 0 radical (unpaired) electrons. The number of aromatic nitrogens is 4. The number of hydrogen-bond donors (Lipinski definition) is 1. The molecule has 126 valence electrons. The molecule has 0 aliphatic heterocycles. The Morgan fingerprint density at radius 3 is 2.72 bits per heavy atom. The summed E-state index contributed by atoms with van der Waals surface area (Å²) in [6.45, 7) is 4.97. The molecule has 8 heteroatoms. The molecule has 3 aromatic heterocycles. The van der Waals surface area contributed by atoms with Gasteiger partial charge in [0.1, 0.15) is 16.2 Å². The summed E-state index contributed by atoms with van der Waals surface area (Å²) in [5.74, 6) is 0. The van der Waals surface area contributed by atoms with Gasteiger partial charge in [0.2, 0.25) is 5.13 Å². The van der Waals surface area contributed by atoms with E-state index in [0.717, 1.165) is 31.3 Å². The van der Waals surface area contributed by atoms with Crippen molar-refractivity contribution in [1.29, 1.82) is 0 Å². The topological polar surface area (TPSA) is 63.6 Å². The van der Waals surface area contributed by atoms with Crippen molar-refractivity contribution < 1.29 is 0 Å². The van der Waals surface area contributed by atoms with E-state index in [4.69, 9.17) is 0 Å². The van der Waals surface area contributed by atoms with Crippen LogP contribution in [0.4, 0.5) is 5.13 Å². The number of hydrogen-bond acceptors (Lipinski definition) is 8. The summed E-state index contributed by atoms with van der Waals surface area (Å²) in [7, 11) is 0. The Hall–Kier alpha value is -2.03. The molecule has 0 aliphatic carbocycles. The van der Waals surface area contributed by atoms with Crippen LogP contribution in [0, 0.1) is 13.8 Å². The standard InChI is InChI=1S/C17H15N5S3/c1-10-11(2)23-14-13(10)15(20-9-19-14)24-17-22-21-16(25-17)18-8-12-6-4-3-5-7-12/h3-7,9H,8H2,1-2H3,(H,18,21). The lowest BCUT2D eigenvalue weighted by molar-refractivity contribution is 0.992. The molecule has 0 fully saturated rings. The van der Waals surface area contributed by atoms with Gasteiger partial charge in [0.05, 0.1) is 0 Å². The van der Waals surface area contributed by atoms with Gasteiger partial charge in [0.25, 0.3) is 0 Å². The molecule has 4 aromatic rings. The predicted octanol–water partition coefficient (Wildman–Crippen LogP) is 4.92. The lowest BCUT2D eigenvalue weighted by Crippen LogP contribution is -1.98. The van der Waals surface area contributed by atoms with Crippen LogP contribution in [-0.2, 0) is 6.54 Å². The van der Waals surface area contributed by atoms with Crippen molar-refractivity contribution in [3.63, 3.8) is 0 Å². The highest BCUT2D eigenvalue weighted by Crippen LogP contribution is 2.38. The van der Waals surface area contributed by atoms with Gasteiger partial charge >= 0.3 is 0 Å². The monoisotopic (exact) mass is 385 g/mol. The molecule has 0 saturated carbocycles. The average Bonchev–Trinajstić information content (AvgIpc) is 3.19. The van der Waals surface area contributed by atoms with E-state index in [1.165, 1.54) is 16.0 Å². The van der Waals surface area contributed by atoms with E-state index in [-0.39, 0.29) is 0 Å². The van der Waals surface area contributed by atoms with Crippen LogP contribution in [0.3, 0.4) is 0 Å².